The molecule has 0 bridgehead atoms. The van der Waals surface area contributed by atoms with Crippen molar-refractivity contribution in [2.24, 2.45) is 0 Å². The average Bonchev–Trinajstić information content (AvgIpc) is 1.86. The van der Waals surface area contributed by atoms with E-state index in [-0.39, 0.29) is 6.42 Å². The molecule has 0 aliphatic carbocycles. The van der Waals surface area contributed by atoms with Gasteiger partial charge in [0, 0.05) is 6.61 Å². The van der Waals surface area contributed by atoms with Gasteiger partial charge in [-0.15, -0.1) is 0 Å². The molecule has 0 heterocycles. The van der Waals surface area contributed by atoms with Crippen molar-refractivity contribution in [3.05, 3.63) is 0 Å². The van der Waals surface area contributed by atoms with E-state index in [4.69, 9.17) is 15.1 Å². The van der Waals surface area contributed by atoms with E-state index in [1.165, 1.54) is 0 Å². The van der Waals surface area contributed by atoms with E-state index in [0.29, 0.717) is 6.61 Å². The maximum absolute atomic E-state index is 10.0. The minimum atomic E-state index is -1.01. The Bertz CT molecular complexity index is 150. The maximum Gasteiger partial charge on any atom is 0.307 e. The zero-order valence-electron chi connectivity index (χ0n) is 5.70. The van der Waals surface area contributed by atoms with Gasteiger partial charge in [-0.1, -0.05) is 0 Å². The lowest BCUT2D eigenvalue weighted by Gasteiger charge is -2.03. The standard InChI is InChI=1S/C6H9NO3/c1-2-10-5(4-7)3-6(8)9/h5H,2-3H2,1H3,(H,8,9). The molecule has 1 atom stereocenters. The van der Waals surface area contributed by atoms with Crippen molar-refractivity contribution in [2.45, 2.75) is 19.4 Å². The largest absolute Gasteiger partial charge is 0.481 e. The Morgan fingerprint density at radius 1 is 1.90 bits per heavy atom. The number of rotatable bonds is 4. The second-order valence-electron chi connectivity index (χ2n) is 1.67. The molecule has 0 amide bonds. The lowest BCUT2D eigenvalue weighted by Crippen LogP contribution is -2.15. The molecular formula is C6H9NO3. The highest BCUT2D eigenvalue weighted by atomic mass is 16.5. The molecule has 0 radical (unpaired) electrons. The van der Waals surface area contributed by atoms with Gasteiger partial charge in [0.15, 0.2) is 6.10 Å². The molecule has 0 aromatic heterocycles. The summed E-state index contributed by atoms with van der Waals surface area (Å²) in [6.45, 7) is 2.08. The van der Waals surface area contributed by atoms with E-state index in [9.17, 15) is 4.79 Å². The number of nitrogens with zero attached hydrogens (tertiary/aromatic N) is 1. The summed E-state index contributed by atoms with van der Waals surface area (Å²) in [5.74, 6) is -1.01. The molecule has 0 fully saturated rings. The van der Waals surface area contributed by atoms with Crippen molar-refractivity contribution in [1.82, 2.24) is 0 Å². The predicted molar refractivity (Wildman–Crippen MR) is 33.3 cm³/mol. The Morgan fingerprint density at radius 3 is 2.80 bits per heavy atom. The zero-order valence-corrected chi connectivity index (χ0v) is 5.70. The Morgan fingerprint density at radius 2 is 2.50 bits per heavy atom. The first kappa shape index (κ1) is 8.92. The van der Waals surface area contributed by atoms with Crippen molar-refractivity contribution >= 4 is 5.97 Å². The van der Waals surface area contributed by atoms with Gasteiger partial charge in [0.2, 0.25) is 0 Å². The Hall–Kier alpha value is -1.08. The summed E-state index contributed by atoms with van der Waals surface area (Å²) in [6.07, 6.45) is -1.05. The van der Waals surface area contributed by atoms with Crippen LogP contribution in [0, 0.1) is 11.3 Å². The number of nitriles is 1. The van der Waals surface area contributed by atoms with Crippen molar-refractivity contribution in [2.75, 3.05) is 6.61 Å². The first-order valence-electron chi connectivity index (χ1n) is 2.93. The summed E-state index contributed by atoms with van der Waals surface area (Å²) in [5.41, 5.74) is 0. The fourth-order valence-electron chi connectivity index (χ4n) is 0.502. The highest BCUT2D eigenvalue weighted by Gasteiger charge is 2.10. The van der Waals surface area contributed by atoms with Crippen LogP contribution in [0.2, 0.25) is 0 Å². The molecule has 10 heavy (non-hydrogen) atoms. The number of carboxylic acid groups (broad SMARTS) is 1. The van der Waals surface area contributed by atoms with Crippen LogP contribution in [0.15, 0.2) is 0 Å². The molecule has 0 aliphatic rings. The fraction of sp³-hybridized carbons (Fsp3) is 0.667. The van der Waals surface area contributed by atoms with E-state index in [1.54, 1.807) is 13.0 Å². The van der Waals surface area contributed by atoms with Crippen LogP contribution in [0.3, 0.4) is 0 Å². The summed E-state index contributed by atoms with van der Waals surface area (Å²) in [7, 11) is 0. The van der Waals surface area contributed by atoms with E-state index in [1.807, 2.05) is 0 Å². The van der Waals surface area contributed by atoms with Crippen LogP contribution in [0.5, 0.6) is 0 Å². The van der Waals surface area contributed by atoms with Crippen LogP contribution >= 0.6 is 0 Å². The molecule has 0 spiro atoms. The second kappa shape index (κ2) is 4.77. The monoisotopic (exact) mass is 143 g/mol. The first-order chi connectivity index (χ1) is 4.70. The number of aliphatic carboxylic acids is 1. The van der Waals surface area contributed by atoms with Gasteiger partial charge < -0.3 is 9.84 Å². The average molecular weight is 143 g/mol. The minimum absolute atomic E-state index is 0.246. The van der Waals surface area contributed by atoms with Crippen LogP contribution in [0.1, 0.15) is 13.3 Å². The van der Waals surface area contributed by atoms with Crippen LogP contribution in [-0.2, 0) is 9.53 Å². The summed E-state index contributed by atoms with van der Waals surface area (Å²) in [5, 5.41) is 16.5. The van der Waals surface area contributed by atoms with Gasteiger partial charge in [0.05, 0.1) is 12.5 Å². The highest BCUT2D eigenvalue weighted by Crippen LogP contribution is 1.95. The molecule has 1 unspecified atom stereocenters. The molecule has 0 saturated heterocycles. The molecule has 4 nitrogen and oxygen atoms in total. The number of ether oxygens (including phenoxy) is 1. The van der Waals surface area contributed by atoms with Gasteiger partial charge in [-0.2, -0.15) is 5.26 Å². The molecule has 4 heteroatoms. The number of hydrogen-bond donors (Lipinski definition) is 1. The topological polar surface area (TPSA) is 70.3 Å². The van der Waals surface area contributed by atoms with Gasteiger partial charge in [-0.3, -0.25) is 4.79 Å². The van der Waals surface area contributed by atoms with E-state index < -0.39 is 12.1 Å². The first-order valence-corrected chi connectivity index (χ1v) is 2.93. The molecule has 0 aromatic carbocycles. The van der Waals surface area contributed by atoms with E-state index >= 15 is 0 Å². The Balaban J connectivity index is 3.63. The lowest BCUT2D eigenvalue weighted by atomic mass is 10.3. The molecule has 0 aliphatic heterocycles. The summed E-state index contributed by atoms with van der Waals surface area (Å²) in [6, 6.07) is 1.73. The van der Waals surface area contributed by atoms with Crippen LogP contribution < -0.4 is 0 Å². The molecule has 0 rings (SSSR count). The SMILES string of the molecule is CCOC(C#N)CC(=O)O. The van der Waals surface area contributed by atoms with Crippen LogP contribution in [0.4, 0.5) is 0 Å². The van der Waals surface area contributed by atoms with Crippen molar-refractivity contribution < 1.29 is 14.6 Å². The van der Waals surface area contributed by atoms with E-state index in [0.717, 1.165) is 0 Å². The normalized spacial score (nSPS) is 12.0. The lowest BCUT2D eigenvalue weighted by molar-refractivity contribution is -0.139. The Kier molecular flexibility index (Phi) is 4.25. The number of hydrogen-bond acceptors (Lipinski definition) is 3. The smallest absolute Gasteiger partial charge is 0.307 e. The summed E-state index contributed by atoms with van der Waals surface area (Å²) >= 11 is 0. The van der Waals surface area contributed by atoms with Crippen LogP contribution in [-0.4, -0.2) is 23.8 Å². The van der Waals surface area contributed by atoms with Crippen molar-refractivity contribution in [3.8, 4) is 6.07 Å². The van der Waals surface area contributed by atoms with Crippen molar-refractivity contribution in [1.29, 1.82) is 5.26 Å². The third-order valence-corrected chi connectivity index (χ3v) is 0.872. The van der Waals surface area contributed by atoms with Gasteiger partial charge >= 0.3 is 5.97 Å². The van der Waals surface area contributed by atoms with Crippen molar-refractivity contribution in [3.63, 3.8) is 0 Å². The van der Waals surface area contributed by atoms with Gasteiger partial charge in [0.25, 0.3) is 0 Å². The second-order valence-corrected chi connectivity index (χ2v) is 1.67. The molecular weight excluding hydrogens is 134 g/mol. The Labute approximate surface area is 59.0 Å². The third kappa shape index (κ3) is 3.87. The highest BCUT2D eigenvalue weighted by molar-refractivity contribution is 5.67. The van der Waals surface area contributed by atoms with Gasteiger partial charge in [-0.05, 0) is 6.92 Å². The third-order valence-electron chi connectivity index (χ3n) is 0.872. The minimum Gasteiger partial charge on any atom is -0.481 e. The molecule has 1 N–H and O–H groups in total. The quantitative estimate of drug-likeness (QED) is 0.618. The maximum atomic E-state index is 10.0. The summed E-state index contributed by atoms with van der Waals surface area (Å²) < 4.78 is 4.76. The van der Waals surface area contributed by atoms with Gasteiger partial charge in [0.1, 0.15) is 0 Å². The summed E-state index contributed by atoms with van der Waals surface area (Å²) in [4.78, 5) is 10.0. The number of carboxylic acids is 1. The molecule has 56 valence electrons. The van der Waals surface area contributed by atoms with E-state index in [2.05, 4.69) is 0 Å². The number of carbonyl (C=O) groups is 1. The molecule has 0 aromatic rings. The zero-order chi connectivity index (χ0) is 7.98. The fourth-order valence-corrected chi connectivity index (χ4v) is 0.502. The van der Waals surface area contributed by atoms with Gasteiger partial charge in [-0.25, -0.2) is 0 Å². The van der Waals surface area contributed by atoms with Crippen LogP contribution in [0.25, 0.3) is 0 Å². The predicted octanol–water partition coefficient (Wildman–Crippen LogP) is 0.390. The molecule has 0 saturated carbocycles.